The molecule has 164 valence electrons. The van der Waals surface area contributed by atoms with Gasteiger partial charge in [-0.3, -0.25) is 9.69 Å². The first-order valence-corrected chi connectivity index (χ1v) is 11.2. The predicted molar refractivity (Wildman–Crippen MR) is 129 cm³/mol. The second-order valence-corrected chi connectivity index (χ2v) is 8.32. The first kappa shape index (κ1) is 21.8. The normalized spacial score (nSPS) is 14.6. The van der Waals surface area contributed by atoms with E-state index in [0.29, 0.717) is 29.4 Å². The molecule has 0 aliphatic carbocycles. The van der Waals surface area contributed by atoms with Crippen LogP contribution in [0.3, 0.4) is 0 Å². The van der Waals surface area contributed by atoms with Gasteiger partial charge in [0.1, 0.15) is 0 Å². The Morgan fingerprint density at radius 3 is 2.12 bits per heavy atom. The first-order valence-electron chi connectivity index (χ1n) is 11.2. The van der Waals surface area contributed by atoms with Crippen molar-refractivity contribution in [2.24, 2.45) is 5.92 Å². The summed E-state index contributed by atoms with van der Waals surface area (Å²) in [5.41, 5.74) is 3.16. The number of ketones is 1. The molecule has 1 aliphatic heterocycles. The molecule has 0 spiro atoms. The number of hydrogen-bond acceptors (Lipinski definition) is 3. The lowest BCUT2D eigenvalue weighted by molar-refractivity contribution is 0.0896. The van der Waals surface area contributed by atoms with Gasteiger partial charge in [-0.1, -0.05) is 60.7 Å². The molecule has 0 aromatic heterocycles. The zero-order valence-electron chi connectivity index (χ0n) is 18.2. The summed E-state index contributed by atoms with van der Waals surface area (Å²) in [5, 5.41) is 5.61. The average molecular weight is 428 g/mol. The van der Waals surface area contributed by atoms with Crippen LogP contribution in [0.4, 0.5) is 16.2 Å². The van der Waals surface area contributed by atoms with Gasteiger partial charge in [0.15, 0.2) is 5.78 Å². The lowest BCUT2D eigenvalue weighted by atomic mass is 9.90. The summed E-state index contributed by atoms with van der Waals surface area (Å²) in [6, 6.07) is 26.7. The summed E-state index contributed by atoms with van der Waals surface area (Å²) in [6.07, 6.45) is 3.30. The minimum Gasteiger partial charge on any atom is -0.308 e. The third-order valence-corrected chi connectivity index (χ3v) is 5.95. The number of piperidine rings is 1. The highest BCUT2D eigenvalue weighted by Gasteiger charge is 2.22. The smallest absolute Gasteiger partial charge is 0.308 e. The molecule has 1 aliphatic rings. The number of urea groups is 1. The van der Waals surface area contributed by atoms with Gasteiger partial charge < -0.3 is 10.6 Å². The van der Waals surface area contributed by atoms with Crippen molar-refractivity contribution in [1.82, 2.24) is 4.90 Å². The van der Waals surface area contributed by atoms with Crippen molar-refractivity contribution in [3.63, 3.8) is 0 Å². The molecule has 1 fully saturated rings. The SMILES string of the molecule is O=C(Nc1ccccc1)Nc1ccccc1C(=O)CN1CCC(Cc2ccccc2)CC1. The minimum absolute atomic E-state index is 0.0297. The van der Waals surface area contributed by atoms with E-state index >= 15 is 0 Å². The van der Waals surface area contributed by atoms with E-state index in [2.05, 4.69) is 45.9 Å². The van der Waals surface area contributed by atoms with E-state index in [1.54, 1.807) is 12.1 Å². The monoisotopic (exact) mass is 427 g/mol. The van der Waals surface area contributed by atoms with Gasteiger partial charge in [-0.05, 0) is 68.1 Å². The molecule has 0 atom stereocenters. The van der Waals surface area contributed by atoms with Crippen LogP contribution in [-0.2, 0) is 6.42 Å². The fourth-order valence-corrected chi connectivity index (χ4v) is 4.23. The standard InChI is InChI=1S/C27H29N3O2/c31-26(20-30-17-15-22(16-18-30)19-21-9-3-1-4-10-21)24-13-7-8-14-25(24)29-27(32)28-23-11-5-2-6-12-23/h1-14,22H,15-20H2,(H2,28,29,32). The van der Waals surface area contributed by atoms with E-state index in [9.17, 15) is 9.59 Å². The number of hydrogen-bond donors (Lipinski definition) is 2. The maximum atomic E-state index is 13.0. The molecule has 5 nitrogen and oxygen atoms in total. The topological polar surface area (TPSA) is 61.4 Å². The molecular weight excluding hydrogens is 398 g/mol. The Morgan fingerprint density at radius 2 is 1.41 bits per heavy atom. The highest BCUT2D eigenvalue weighted by Crippen LogP contribution is 2.23. The highest BCUT2D eigenvalue weighted by molar-refractivity contribution is 6.07. The van der Waals surface area contributed by atoms with Gasteiger partial charge in [0.25, 0.3) is 0 Å². The Bertz CT molecular complexity index is 1030. The third kappa shape index (κ3) is 6.05. The first-order chi connectivity index (χ1) is 15.7. The Hall–Kier alpha value is -3.44. The Labute approximate surface area is 189 Å². The van der Waals surface area contributed by atoms with Crippen molar-refractivity contribution >= 4 is 23.2 Å². The van der Waals surface area contributed by atoms with Crippen molar-refractivity contribution in [2.45, 2.75) is 19.3 Å². The number of Topliss-reactive ketones (excluding diaryl/α,β-unsaturated/α-hetero) is 1. The molecule has 32 heavy (non-hydrogen) atoms. The number of amides is 2. The second-order valence-electron chi connectivity index (χ2n) is 8.32. The fraction of sp³-hybridized carbons (Fsp3) is 0.259. The summed E-state index contributed by atoms with van der Waals surface area (Å²) in [4.78, 5) is 27.6. The number of carbonyl (C=O) groups excluding carboxylic acids is 2. The number of likely N-dealkylation sites (tertiary alicyclic amines) is 1. The van der Waals surface area contributed by atoms with Crippen LogP contribution in [0.2, 0.25) is 0 Å². The lowest BCUT2D eigenvalue weighted by Gasteiger charge is -2.31. The highest BCUT2D eigenvalue weighted by atomic mass is 16.2. The average Bonchev–Trinajstić information content (AvgIpc) is 2.82. The molecule has 2 amide bonds. The molecule has 4 rings (SSSR count). The maximum absolute atomic E-state index is 13.0. The largest absolute Gasteiger partial charge is 0.323 e. The van der Waals surface area contributed by atoms with E-state index in [1.165, 1.54) is 5.56 Å². The number of nitrogens with one attached hydrogen (secondary N) is 2. The van der Waals surface area contributed by atoms with Crippen molar-refractivity contribution in [3.05, 3.63) is 96.1 Å². The Morgan fingerprint density at radius 1 is 0.781 bits per heavy atom. The molecule has 2 N–H and O–H groups in total. The summed E-state index contributed by atoms with van der Waals surface area (Å²) < 4.78 is 0. The second kappa shape index (κ2) is 10.7. The summed E-state index contributed by atoms with van der Waals surface area (Å²) in [7, 11) is 0. The maximum Gasteiger partial charge on any atom is 0.323 e. The number of nitrogens with zero attached hydrogens (tertiary/aromatic N) is 1. The molecule has 1 saturated heterocycles. The third-order valence-electron chi connectivity index (χ3n) is 5.95. The molecule has 1 heterocycles. The number of rotatable bonds is 7. The summed E-state index contributed by atoms with van der Waals surface area (Å²) >= 11 is 0. The van der Waals surface area contributed by atoms with Crippen LogP contribution in [0.5, 0.6) is 0 Å². The van der Waals surface area contributed by atoms with Crippen molar-refractivity contribution in [3.8, 4) is 0 Å². The predicted octanol–water partition coefficient (Wildman–Crippen LogP) is 5.47. The van der Waals surface area contributed by atoms with Gasteiger partial charge in [0.05, 0.1) is 12.2 Å². The van der Waals surface area contributed by atoms with Crippen molar-refractivity contribution in [1.29, 1.82) is 0 Å². The molecule has 0 radical (unpaired) electrons. The molecule has 0 saturated carbocycles. The summed E-state index contributed by atoms with van der Waals surface area (Å²) in [5.74, 6) is 0.696. The van der Waals surface area contributed by atoms with Gasteiger partial charge in [0, 0.05) is 11.3 Å². The van der Waals surface area contributed by atoms with Crippen LogP contribution in [-0.4, -0.2) is 36.3 Å². The van der Waals surface area contributed by atoms with Crippen LogP contribution < -0.4 is 10.6 Å². The molecule has 0 unspecified atom stereocenters. The van der Waals surface area contributed by atoms with Crippen LogP contribution in [0.25, 0.3) is 0 Å². The zero-order valence-corrected chi connectivity index (χ0v) is 18.2. The lowest BCUT2D eigenvalue weighted by Crippen LogP contribution is -2.38. The van der Waals surface area contributed by atoms with E-state index in [-0.39, 0.29) is 11.8 Å². The van der Waals surface area contributed by atoms with Crippen molar-refractivity contribution < 1.29 is 9.59 Å². The number of para-hydroxylation sites is 2. The molecule has 3 aromatic carbocycles. The van der Waals surface area contributed by atoms with Gasteiger partial charge >= 0.3 is 6.03 Å². The van der Waals surface area contributed by atoms with Crippen molar-refractivity contribution in [2.75, 3.05) is 30.3 Å². The van der Waals surface area contributed by atoms with E-state index in [4.69, 9.17) is 0 Å². The van der Waals surface area contributed by atoms with Gasteiger partial charge in [-0.15, -0.1) is 0 Å². The Kier molecular flexibility index (Phi) is 7.31. The van der Waals surface area contributed by atoms with E-state index in [1.807, 2.05) is 42.5 Å². The molecule has 3 aromatic rings. The number of anilines is 2. The van der Waals surface area contributed by atoms with Gasteiger partial charge in [-0.25, -0.2) is 4.79 Å². The van der Waals surface area contributed by atoms with Gasteiger partial charge in [0.2, 0.25) is 0 Å². The molecule has 5 heteroatoms. The van der Waals surface area contributed by atoms with Crippen LogP contribution in [0.1, 0.15) is 28.8 Å². The van der Waals surface area contributed by atoms with Crippen LogP contribution >= 0.6 is 0 Å². The summed E-state index contributed by atoms with van der Waals surface area (Å²) in [6.45, 7) is 2.22. The fourth-order valence-electron chi connectivity index (χ4n) is 4.23. The number of carbonyl (C=O) groups is 2. The Balaban J connectivity index is 1.31. The number of benzene rings is 3. The van der Waals surface area contributed by atoms with Crippen LogP contribution in [0, 0.1) is 5.92 Å². The quantitative estimate of drug-likeness (QED) is 0.492. The van der Waals surface area contributed by atoms with Gasteiger partial charge in [-0.2, -0.15) is 0 Å². The minimum atomic E-state index is -0.363. The van der Waals surface area contributed by atoms with E-state index in [0.717, 1.165) is 32.4 Å². The van der Waals surface area contributed by atoms with Crippen LogP contribution in [0.15, 0.2) is 84.9 Å². The zero-order chi connectivity index (χ0) is 22.2. The molecular formula is C27H29N3O2. The van der Waals surface area contributed by atoms with E-state index < -0.39 is 0 Å². The molecule has 0 bridgehead atoms.